The van der Waals surface area contributed by atoms with E-state index in [2.05, 4.69) is 6.07 Å². The van der Waals surface area contributed by atoms with E-state index < -0.39 is 6.10 Å². The summed E-state index contributed by atoms with van der Waals surface area (Å²) in [5, 5.41) is 9.58. The van der Waals surface area contributed by atoms with Crippen LogP contribution in [0, 0.1) is 20.8 Å². The number of benzene rings is 1. The van der Waals surface area contributed by atoms with Crippen molar-refractivity contribution in [2.45, 2.75) is 33.3 Å². The maximum atomic E-state index is 9.58. The van der Waals surface area contributed by atoms with Gasteiger partial charge in [0.1, 0.15) is 5.75 Å². The molecule has 0 saturated heterocycles. The molecule has 1 N–H and O–H groups in total. The number of ether oxygens (including phenoxy) is 1. The Kier molecular flexibility index (Phi) is 4.63. The van der Waals surface area contributed by atoms with Crippen LogP contribution in [0.25, 0.3) is 0 Å². The normalized spacial score (nSPS) is 12.6. The summed E-state index contributed by atoms with van der Waals surface area (Å²) >= 11 is 5.62. The number of alkyl halides is 1. The number of methoxy groups -OCH3 is 1. The summed E-state index contributed by atoms with van der Waals surface area (Å²) in [5.41, 5.74) is 4.55. The van der Waals surface area contributed by atoms with Crippen LogP contribution in [0.3, 0.4) is 0 Å². The quantitative estimate of drug-likeness (QED) is 0.823. The smallest absolute Gasteiger partial charge is 0.124 e. The van der Waals surface area contributed by atoms with Gasteiger partial charge in [-0.15, -0.1) is 11.6 Å². The van der Waals surface area contributed by atoms with Crippen LogP contribution in [0.4, 0.5) is 0 Å². The van der Waals surface area contributed by atoms with Gasteiger partial charge in [-0.05, 0) is 49.4 Å². The molecule has 1 unspecified atom stereocenters. The molecule has 1 atom stereocenters. The van der Waals surface area contributed by atoms with Crippen molar-refractivity contribution in [3.05, 3.63) is 28.3 Å². The molecule has 0 radical (unpaired) electrons. The molecule has 0 aliphatic rings. The van der Waals surface area contributed by atoms with E-state index in [1.807, 2.05) is 20.8 Å². The minimum Gasteiger partial charge on any atom is -0.496 e. The first-order valence-electron chi connectivity index (χ1n) is 5.39. The molecular weight excluding hydrogens is 224 g/mol. The number of hydrogen-bond donors (Lipinski definition) is 1. The van der Waals surface area contributed by atoms with Crippen molar-refractivity contribution >= 4 is 11.6 Å². The third kappa shape index (κ3) is 2.69. The molecule has 0 heterocycles. The van der Waals surface area contributed by atoms with Crippen LogP contribution >= 0.6 is 11.6 Å². The molecule has 0 aliphatic heterocycles. The highest BCUT2D eigenvalue weighted by atomic mass is 35.5. The van der Waals surface area contributed by atoms with Gasteiger partial charge in [-0.2, -0.15) is 0 Å². The first kappa shape index (κ1) is 13.3. The predicted octanol–water partition coefficient (Wildman–Crippen LogP) is 2.76. The molecule has 0 bridgehead atoms. The molecule has 0 fully saturated rings. The fourth-order valence-corrected chi connectivity index (χ4v) is 2.09. The Morgan fingerprint density at radius 2 is 1.94 bits per heavy atom. The van der Waals surface area contributed by atoms with E-state index in [1.165, 1.54) is 5.56 Å². The van der Waals surface area contributed by atoms with Gasteiger partial charge in [0.05, 0.1) is 13.2 Å². The summed E-state index contributed by atoms with van der Waals surface area (Å²) in [6.07, 6.45) is 0.119. The predicted molar refractivity (Wildman–Crippen MR) is 67.6 cm³/mol. The van der Waals surface area contributed by atoms with E-state index in [9.17, 15) is 5.11 Å². The molecule has 0 amide bonds. The monoisotopic (exact) mass is 242 g/mol. The molecule has 0 spiro atoms. The van der Waals surface area contributed by atoms with Gasteiger partial charge in [0.2, 0.25) is 0 Å². The van der Waals surface area contributed by atoms with Crippen LogP contribution in [0.2, 0.25) is 0 Å². The summed E-state index contributed by atoms with van der Waals surface area (Å²) in [5.74, 6) is 1.20. The van der Waals surface area contributed by atoms with Crippen molar-refractivity contribution in [1.82, 2.24) is 0 Å². The van der Waals surface area contributed by atoms with Crippen molar-refractivity contribution in [1.29, 1.82) is 0 Å². The molecule has 1 aromatic rings. The summed E-state index contributed by atoms with van der Waals surface area (Å²) < 4.78 is 5.35. The first-order valence-corrected chi connectivity index (χ1v) is 5.92. The zero-order valence-electron chi connectivity index (χ0n) is 10.3. The lowest BCUT2D eigenvalue weighted by Crippen LogP contribution is -2.13. The number of halogens is 1. The zero-order valence-corrected chi connectivity index (χ0v) is 11.1. The van der Waals surface area contributed by atoms with Gasteiger partial charge in [-0.3, -0.25) is 0 Å². The molecule has 2 nitrogen and oxygen atoms in total. The number of aryl methyl sites for hydroxylation is 1. The van der Waals surface area contributed by atoms with Crippen LogP contribution in [0.15, 0.2) is 6.07 Å². The molecule has 16 heavy (non-hydrogen) atoms. The lowest BCUT2D eigenvalue weighted by Gasteiger charge is -2.17. The lowest BCUT2D eigenvalue weighted by atomic mass is 9.95. The topological polar surface area (TPSA) is 29.5 Å². The van der Waals surface area contributed by atoms with Gasteiger partial charge in [0, 0.05) is 5.88 Å². The first-order chi connectivity index (χ1) is 7.51. The second-order valence-corrected chi connectivity index (χ2v) is 4.46. The van der Waals surface area contributed by atoms with Crippen LogP contribution in [-0.2, 0) is 6.42 Å². The van der Waals surface area contributed by atoms with Crippen molar-refractivity contribution in [2.24, 2.45) is 0 Å². The van der Waals surface area contributed by atoms with Gasteiger partial charge in [0.15, 0.2) is 0 Å². The zero-order chi connectivity index (χ0) is 12.3. The fourth-order valence-electron chi connectivity index (χ4n) is 1.98. The summed E-state index contributed by atoms with van der Waals surface area (Å²) in [6, 6.07) is 2.07. The van der Waals surface area contributed by atoms with E-state index in [0.717, 1.165) is 22.4 Å². The van der Waals surface area contributed by atoms with E-state index in [4.69, 9.17) is 16.3 Å². The second-order valence-electron chi connectivity index (χ2n) is 4.15. The van der Waals surface area contributed by atoms with Crippen molar-refractivity contribution < 1.29 is 9.84 Å². The van der Waals surface area contributed by atoms with E-state index >= 15 is 0 Å². The van der Waals surface area contributed by atoms with Gasteiger partial charge < -0.3 is 9.84 Å². The number of aliphatic hydroxyl groups excluding tert-OH is 1. The van der Waals surface area contributed by atoms with E-state index in [0.29, 0.717) is 6.42 Å². The Hall–Kier alpha value is -0.730. The Morgan fingerprint density at radius 1 is 1.31 bits per heavy atom. The van der Waals surface area contributed by atoms with Crippen molar-refractivity contribution in [3.63, 3.8) is 0 Å². The molecular formula is C13H19ClO2. The van der Waals surface area contributed by atoms with Gasteiger partial charge in [-0.25, -0.2) is 0 Å². The summed E-state index contributed by atoms with van der Waals surface area (Å²) in [6.45, 7) is 6.10. The molecule has 0 aromatic heterocycles. The maximum Gasteiger partial charge on any atom is 0.124 e. The Balaban J connectivity index is 3.13. The van der Waals surface area contributed by atoms with Gasteiger partial charge in [0.25, 0.3) is 0 Å². The number of rotatable bonds is 4. The minimum atomic E-state index is -0.479. The summed E-state index contributed by atoms with van der Waals surface area (Å²) in [7, 11) is 1.68. The van der Waals surface area contributed by atoms with Gasteiger partial charge >= 0.3 is 0 Å². The fraction of sp³-hybridized carbons (Fsp3) is 0.538. The molecule has 0 aliphatic carbocycles. The Morgan fingerprint density at radius 3 is 2.44 bits per heavy atom. The third-order valence-corrected chi connectivity index (χ3v) is 3.33. The third-order valence-electron chi connectivity index (χ3n) is 2.97. The number of aliphatic hydroxyl groups is 1. The highest BCUT2D eigenvalue weighted by molar-refractivity contribution is 6.18. The van der Waals surface area contributed by atoms with E-state index in [1.54, 1.807) is 7.11 Å². The lowest BCUT2D eigenvalue weighted by molar-refractivity contribution is 0.198. The molecule has 1 aromatic carbocycles. The largest absolute Gasteiger partial charge is 0.496 e. The van der Waals surface area contributed by atoms with Crippen LogP contribution in [0.1, 0.15) is 22.3 Å². The molecule has 1 rings (SSSR count). The SMILES string of the molecule is COc1c(C)cc(CC(O)CCl)c(C)c1C. The minimum absolute atomic E-state index is 0.267. The Labute approximate surface area is 102 Å². The molecule has 3 heteroatoms. The van der Waals surface area contributed by atoms with Crippen LogP contribution < -0.4 is 4.74 Å². The molecule has 0 saturated carbocycles. The molecule has 90 valence electrons. The second kappa shape index (κ2) is 5.55. The maximum absolute atomic E-state index is 9.58. The van der Waals surface area contributed by atoms with Crippen molar-refractivity contribution in [3.8, 4) is 5.75 Å². The van der Waals surface area contributed by atoms with E-state index in [-0.39, 0.29) is 5.88 Å². The standard InChI is InChI=1S/C13H19ClO2/c1-8-5-11(6-12(15)7-14)9(2)10(3)13(8)16-4/h5,12,15H,6-7H2,1-4H3. The average Bonchev–Trinajstić information content (AvgIpc) is 2.26. The highest BCUT2D eigenvalue weighted by Crippen LogP contribution is 2.29. The summed E-state index contributed by atoms with van der Waals surface area (Å²) in [4.78, 5) is 0. The average molecular weight is 243 g/mol. The van der Waals surface area contributed by atoms with Crippen LogP contribution in [-0.4, -0.2) is 24.2 Å². The number of hydrogen-bond acceptors (Lipinski definition) is 2. The van der Waals surface area contributed by atoms with Gasteiger partial charge in [-0.1, -0.05) is 6.07 Å². The van der Waals surface area contributed by atoms with Crippen LogP contribution in [0.5, 0.6) is 5.75 Å². The highest BCUT2D eigenvalue weighted by Gasteiger charge is 2.13. The van der Waals surface area contributed by atoms with Crippen molar-refractivity contribution in [2.75, 3.05) is 13.0 Å². The Bertz CT molecular complexity index is 375.